The van der Waals surface area contributed by atoms with Crippen molar-refractivity contribution in [2.45, 2.75) is 19.4 Å². The molecule has 1 atom stereocenters. The number of para-hydroxylation sites is 2. The molecule has 5 nitrogen and oxygen atoms in total. The van der Waals surface area contributed by atoms with Gasteiger partial charge in [-0.25, -0.2) is 4.98 Å². The average molecular weight is 413 g/mol. The SMILES string of the molecule is CC(c1nc2ccccc2[nH]1)N(C(=O)Cc1csc2ccccc12)c1cccnc1. The zero-order valence-electron chi connectivity index (χ0n) is 16.4. The number of pyridine rings is 1. The van der Waals surface area contributed by atoms with Crippen LogP contribution in [0, 0.1) is 0 Å². The van der Waals surface area contributed by atoms with Crippen LogP contribution in [-0.2, 0) is 11.2 Å². The van der Waals surface area contributed by atoms with Crippen molar-refractivity contribution >= 4 is 44.1 Å². The van der Waals surface area contributed by atoms with E-state index in [0.717, 1.165) is 33.5 Å². The lowest BCUT2D eigenvalue weighted by molar-refractivity contribution is -0.118. The van der Waals surface area contributed by atoms with Gasteiger partial charge in [0.1, 0.15) is 5.82 Å². The normalized spacial score (nSPS) is 12.3. The zero-order chi connectivity index (χ0) is 20.5. The molecule has 1 amide bonds. The Morgan fingerprint density at radius 3 is 2.77 bits per heavy atom. The van der Waals surface area contributed by atoms with E-state index in [4.69, 9.17) is 4.98 Å². The minimum atomic E-state index is -0.265. The number of carbonyl (C=O) groups excluding carboxylic acids is 1. The summed E-state index contributed by atoms with van der Waals surface area (Å²) in [7, 11) is 0. The molecule has 1 unspecified atom stereocenters. The number of imidazole rings is 1. The van der Waals surface area contributed by atoms with E-state index in [1.807, 2.05) is 55.5 Å². The van der Waals surface area contributed by atoms with Gasteiger partial charge >= 0.3 is 0 Å². The van der Waals surface area contributed by atoms with Crippen LogP contribution in [0.15, 0.2) is 78.4 Å². The number of rotatable bonds is 5. The number of carbonyl (C=O) groups is 1. The van der Waals surface area contributed by atoms with Crippen LogP contribution in [0.4, 0.5) is 5.69 Å². The summed E-state index contributed by atoms with van der Waals surface area (Å²) < 4.78 is 1.19. The molecule has 5 rings (SSSR count). The number of H-pyrrole nitrogens is 1. The van der Waals surface area contributed by atoms with Crippen molar-refractivity contribution in [1.82, 2.24) is 15.0 Å². The number of nitrogens with one attached hydrogen (secondary N) is 1. The molecule has 3 heterocycles. The Morgan fingerprint density at radius 1 is 1.10 bits per heavy atom. The molecule has 3 aromatic heterocycles. The molecule has 6 heteroatoms. The minimum Gasteiger partial charge on any atom is -0.340 e. The molecule has 0 bridgehead atoms. The van der Waals surface area contributed by atoms with E-state index in [-0.39, 0.29) is 11.9 Å². The summed E-state index contributed by atoms with van der Waals surface area (Å²) in [6.07, 6.45) is 3.76. The Balaban J connectivity index is 1.52. The van der Waals surface area contributed by atoms with E-state index in [0.29, 0.717) is 6.42 Å². The number of aromatic nitrogens is 3. The molecule has 0 spiro atoms. The Morgan fingerprint density at radius 2 is 1.93 bits per heavy atom. The maximum atomic E-state index is 13.5. The summed E-state index contributed by atoms with van der Waals surface area (Å²) >= 11 is 1.67. The van der Waals surface area contributed by atoms with Crippen LogP contribution in [0.25, 0.3) is 21.1 Å². The number of amides is 1. The number of aromatic amines is 1. The number of thiophene rings is 1. The minimum absolute atomic E-state index is 0.0134. The quantitative estimate of drug-likeness (QED) is 0.414. The lowest BCUT2D eigenvalue weighted by Crippen LogP contribution is -2.35. The topological polar surface area (TPSA) is 61.9 Å². The molecule has 1 N–H and O–H groups in total. The molecule has 0 saturated heterocycles. The number of fused-ring (bicyclic) bond motifs is 2. The predicted molar refractivity (Wildman–Crippen MR) is 122 cm³/mol. The second kappa shape index (κ2) is 7.72. The Hall–Kier alpha value is -3.51. The molecular weight excluding hydrogens is 392 g/mol. The number of benzene rings is 2. The molecule has 30 heavy (non-hydrogen) atoms. The standard InChI is InChI=1S/C24H20N4OS/c1-16(24-26-20-9-3-4-10-21(20)27-24)28(18-7-6-12-25-14-18)23(29)13-17-15-30-22-11-5-2-8-19(17)22/h2-12,14-16H,13H2,1H3,(H,26,27). The van der Waals surface area contributed by atoms with Gasteiger partial charge in [0.15, 0.2) is 0 Å². The Bertz CT molecular complexity index is 1290. The van der Waals surface area contributed by atoms with Crippen molar-refractivity contribution in [2.75, 3.05) is 4.90 Å². The fourth-order valence-electron chi connectivity index (χ4n) is 3.79. The van der Waals surface area contributed by atoms with Gasteiger partial charge in [-0.05, 0) is 53.6 Å². The van der Waals surface area contributed by atoms with E-state index in [1.54, 1.807) is 28.6 Å². The highest BCUT2D eigenvalue weighted by atomic mass is 32.1. The number of hydrogen-bond acceptors (Lipinski definition) is 4. The highest BCUT2D eigenvalue weighted by molar-refractivity contribution is 7.17. The zero-order valence-corrected chi connectivity index (χ0v) is 17.3. The lowest BCUT2D eigenvalue weighted by atomic mass is 10.1. The van der Waals surface area contributed by atoms with Crippen LogP contribution in [0.1, 0.15) is 24.4 Å². The van der Waals surface area contributed by atoms with Gasteiger partial charge in [0.25, 0.3) is 0 Å². The summed E-state index contributed by atoms with van der Waals surface area (Å²) in [5, 5.41) is 3.22. The second-order valence-electron chi connectivity index (χ2n) is 7.22. The van der Waals surface area contributed by atoms with Crippen molar-refractivity contribution in [1.29, 1.82) is 0 Å². The van der Waals surface area contributed by atoms with Crippen LogP contribution in [-0.4, -0.2) is 20.9 Å². The molecule has 2 aromatic carbocycles. The smallest absolute Gasteiger partial charge is 0.232 e. The summed E-state index contributed by atoms with van der Waals surface area (Å²) in [5.74, 6) is 0.767. The molecule has 0 fully saturated rings. The molecule has 148 valence electrons. The van der Waals surface area contributed by atoms with Crippen LogP contribution < -0.4 is 4.90 Å². The summed E-state index contributed by atoms with van der Waals surface area (Å²) in [6, 6.07) is 19.6. The Kier molecular flexibility index (Phi) is 4.77. The van der Waals surface area contributed by atoms with Crippen molar-refractivity contribution in [3.8, 4) is 0 Å². The van der Waals surface area contributed by atoms with Crippen LogP contribution in [0.2, 0.25) is 0 Å². The summed E-state index contributed by atoms with van der Waals surface area (Å²) in [5.41, 5.74) is 3.66. The third kappa shape index (κ3) is 3.35. The molecule has 0 radical (unpaired) electrons. The van der Waals surface area contributed by atoms with Gasteiger partial charge in [0, 0.05) is 10.9 Å². The molecule has 0 aliphatic carbocycles. The first-order valence-electron chi connectivity index (χ1n) is 9.82. The first-order valence-corrected chi connectivity index (χ1v) is 10.7. The van der Waals surface area contributed by atoms with Gasteiger partial charge in [-0.2, -0.15) is 0 Å². The van der Waals surface area contributed by atoms with E-state index in [1.165, 1.54) is 4.70 Å². The average Bonchev–Trinajstić information content (AvgIpc) is 3.39. The molecular formula is C24H20N4OS. The number of anilines is 1. The molecule has 0 aliphatic rings. The number of nitrogens with zero attached hydrogens (tertiary/aromatic N) is 3. The third-order valence-electron chi connectivity index (χ3n) is 5.29. The van der Waals surface area contributed by atoms with Gasteiger partial charge in [0.05, 0.1) is 35.4 Å². The molecule has 0 aliphatic heterocycles. The second-order valence-corrected chi connectivity index (χ2v) is 8.14. The monoisotopic (exact) mass is 412 g/mol. The highest BCUT2D eigenvalue weighted by Crippen LogP contribution is 2.30. The molecule has 0 saturated carbocycles. The third-order valence-corrected chi connectivity index (χ3v) is 6.30. The lowest BCUT2D eigenvalue weighted by Gasteiger charge is -2.28. The maximum Gasteiger partial charge on any atom is 0.232 e. The van der Waals surface area contributed by atoms with Gasteiger partial charge in [-0.1, -0.05) is 30.3 Å². The van der Waals surface area contributed by atoms with Gasteiger partial charge in [-0.15, -0.1) is 11.3 Å². The molecule has 5 aromatic rings. The van der Waals surface area contributed by atoms with E-state index in [2.05, 4.69) is 27.5 Å². The first kappa shape index (κ1) is 18.5. The van der Waals surface area contributed by atoms with Crippen LogP contribution >= 0.6 is 11.3 Å². The summed E-state index contributed by atoms with van der Waals surface area (Å²) in [4.78, 5) is 27.7. The van der Waals surface area contributed by atoms with E-state index in [9.17, 15) is 4.79 Å². The Labute approximate surface area is 178 Å². The number of hydrogen-bond donors (Lipinski definition) is 1. The van der Waals surface area contributed by atoms with E-state index >= 15 is 0 Å². The fourth-order valence-corrected chi connectivity index (χ4v) is 4.75. The van der Waals surface area contributed by atoms with Gasteiger partial charge in [-0.3, -0.25) is 9.78 Å². The van der Waals surface area contributed by atoms with Crippen molar-refractivity contribution < 1.29 is 4.79 Å². The van der Waals surface area contributed by atoms with Crippen LogP contribution in [0.5, 0.6) is 0 Å². The first-order chi connectivity index (χ1) is 14.7. The van der Waals surface area contributed by atoms with Crippen LogP contribution in [0.3, 0.4) is 0 Å². The highest BCUT2D eigenvalue weighted by Gasteiger charge is 2.26. The largest absolute Gasteiger partial charge is 0.340 e. The van der Waals surface area contributed by atoms with Crippen molar-refractivity contribution in [3.63, 3.8) is 0 Å². The van der Waals surface area contributed by atoms with Gasteiger partial charge in [0.2, 0.25) is 5.91 Å². The van der Waals surface area contributed by atoms with E-state index < -0.39 is 0 Å². The van der Waals surface area contributed by atoms with Gasteiger partial charge < -0.3 is 9.88 Å². The fraction of sp³-hybridized carbons (Fsp3) is 0.125. The van der Waals surface area contributed by atoms with Crippen molar-refractivity contribution in [3.05, 3.63) is 89.8 Å². The van der Waals surface area contributed by atoms with Crippen molar-refractivity contribution in [2.24, 2.45) is 0 Å². The maximum absolute atomic E-state index is 13.5. The predicted octanol–water partition coefficient (Wildman–Crippen LogP) is 5.51. The summed E-state index contributed by atoms with van der Waals surface area (Å²) in [6.45, 7) is 1.99.